The van der Waals surface area contributed by atoms with Crippen molar-refractivity contribution in [2.45, 2.75) is 32.4 Å². The molecule has 3 amide bonds. The lowest BCUT2D eigenvalue weighted by Gasteiger charge is -2.29. The molecule has 0 bridgehead atoms. The van der Waals surface area contributed by atoms with E-state index in [9.17, 15) is 14.4 Å². The van der Waals surface area contributed by atoms with Gasteiger partial charge in [0.2, 0.25) is 11.8 Å². The summed E-state index contributed by atoms with van der Waals surface area (Å²) >= 11 is 0. The van der Waals surface area contributed by atoms with E-state index in [2.05, 4.69) is 20.6 Å². The van der Waals surface area contributed by atoms with Gasteiger partial charge in [0, 0.05) is 24.1 Å². The molecule has 1 saturated heterocycles. The van der Waals surface area contributed by atoms with Crippen LogP contribution in [-0.2, 0) is 16.1 Å². The number of benzene rings is 1. The molecular formula is C19H16N6O4. The van der Waals surface area contributed by atoms with Crippen molar-refractivity contribution in [2.24, 2.45) is 0 Å². The number of carbonyl (C=O) groups is 3. The molecule has 0 radical (unpaired) electrons. The summed E-state index contributed by atoms with van der Waals surface area (Å²) in [6.07, 6.45) is 3.60. The van der Waals surface area contributed by atoms with E-state index in [1.165, 1.54) is 11.3 Å². The van der Waals surface area contributed by atoms with E-state index in [0.29, 0.717) is 34.8 Å². The van der Waals surface area contributed by atoms with Crippen molar-refractivity contribution in [2.75, 3.05) is 0 Å². The van der Waals surface area contributed by atoms with Crippen molar-refractivity contribution < 1.29 is 18.8 Å². The quantitative estimate of drug-likeness (QED) is 0.659. The van der Waals surface area contributed by atoms with Crippen molar-refractivity contribution in [1.29, 1.82) is 0 Å². The summed E-state index contributed by atoms with van der Waals surface area (Å²) < 4.78 is 6.81. The molecule has 0 saturated carbocycles. The first kappa shape index (κ1) is 17.3. The van der Waals surface area contributed by atoms with E-state index >= 15 is 0 Å². The van der Waals surface area contributed by atoms with Gasteiger partial charge in [0.15, 0.2) is 6.39 Å². The average Bonchev–Trinajstić information content (AvgIpc) is 3.41. The van der Waals surface area contributed by atoms with Crippen LogP contribution in [-0.4, -0.2) is 48.6 Å². The minimum Gasteiger partial charge on any atom is -0.448 e. The average molecular weight is 392 g/mol. The number of piperidine rings is 1. The number of imide groups is 1. The number of hydrogen-bond acceptors (Lipinski definition) is 7. The molecule has 1 unspecified atom stereocenters. The van der Waals surface area contributed by atoms with Gasteiger partial charge in [0.1, 0.15) is 23.2 Å². The topological polar surface area (TPSA) is 123 Å². The molecule has 146 valence electrons. The van der Waals surface area contributed by atoms with Crippen molar-refractivity contribution in [1.82, 2.24) is 30.2 Å². The summed E-state index contributed by atoms with van der Waals surface area (Å²) in [6, 6.07) is 4.67. The molecule has 2 aliphatic heterocycles. The van der Waals surface area contributed by atoms with E-state index in [0.717, 1.165) is 5.56 Å². The molecule has 0 spiro atoms. The highest BCUT2D eigenvalue weighted by atomic mass is 16.3. The van der Waals surface area contributed by atoms with E-state index in [-0.39, 0.29) is 24.8 Å². The second kappa shape index (κ2) is 6.36. The van der Waals surface area contributed by atoms with Gasteiger partial charge in [-0.3, -0.25) is 19.7 Å². The molecule has 10 heteroatoms. The number of carbonyl (C=O) groups excluding carboxylic acids is 3. The van der Waals surface area contributed by atoms with Gasteiger partial charge >= 0.3 is 0 Å². The Morgan fingerprint density at radius 1 is 1.24 bits per heavy atom. The van der Waals surface area contributed by atoms with Crippen LogP contribution in [0.5, 0.6) is 0 Å². The molecule has 0 aliphatic carbocycles. The number of nitrogens with one attached hydrogen (secondary N) is 1. The second-order valence-corrected chi connectivity index (χ2v) is 7.01. The number of aromatic nitrogens is 4. The SMILES string of the molecule is Cc1ocnc1-c1cn(-c2cccc3c2CN(C2CCC(=O)NC2=O)C3=O)nn1. The van der Waals surface area contributed by atoms with Crippen molar-refractivity contribution in [3.63, 3.8) is 0 Å². The fraction of sp³-hybridized carbons (Fsp3) is 0.263. The van der Waals surface area contributed by atoms with Crippen molar-refractivity contribution >= 4 is 17.7 Å². The highest BCUT2D eigenvalue weighted by molar-refractivity contribution is 6.05. The Morgan fingerprint density at radius 2 is 2.10 bits per heavy atom. The van der Waals surface area contributed by atoms with Gasteiger partial charge < -0.3 is 9.32 Å². The lowest BCUT2D eigenvalue weighted by atomic mass is 10.0. The standard InChI is InChI=1S/C19H16N6O4/c1-10-17(20-9-29-10)13-8-25(23-22-13)14-4-2-3-11-12(14)7-24(19(11)28)15-5-6-16(26)21-18(15)27/h2-4,8-9,15H,5-7H2,1H3,(H,21,26,27). The molecular weight excluding hydrogens is 376 g/mol. The fourth-order valence-corrected chi connectivity index (χ4v) is 3.83. The van der Waals surface area contributed by atoms with Gasteiger partial charge in [-0.1, -0.05) is 11.3 Å². The van der Waals surface area contributed by atoms with Crippen LogP contribution in [0.3, 0.4) is 0 Å². The van der Waals surface area contributed by atoms with Crippen LogP contribution in [0.1, 0.15) is 34.5 Å². The van der Waals surface area contributed by atoms with Crippen molar-refractivity contribution in [3.05, 3.63) is 47.7 Å². The molecule has 1 fully saturated rings. The zero-order chi connectivity index (χ0) is 20.1. The fourth-order valence-electron chi connectivity index (χ4n) is 3.83. The maximum Gasteiger partial charge on any atom is 0.255 e. The summed E-state index contributed by atoms with van der Waals surface area (Å²) in [5.74, 6) is -0.346. The summed E-state index contributed by atoms with van der Waals surface area (Å²) in [5.41, 5.74) is 3.13. The third-order valence-electron chi connectivity index (χ3n) is 5.28. The van der Waals surface area contributed by atoms with Crippen LogP contribution in [0, 0.1) is 6.92 Å². The Labute approximate surface area is 164 Å². The molecule has 2 aromatic heterocycles. The summed E-state index contributed by atoms with van der Waals surface area (Å²) in [6.45, 7) is 2.05. The Kier molecular flexibility index (Phi) is 3.79. The maximum absolute atomic E-state index is 12.9. The second-order valence-electron chi connectivity index (χ2n) is 7.01. The molecule has 4 heterocycles. The molecule has 5 rings (SSSR count). The molecule has 1 aromatic carbocycles. The van der Waals surface area contributed by atoms with Crippen molar-refractivity contribution in [3.8, 4) is 17.1 Å². The Balaban J connectivity index is 1.49. The molecule has 3 aromatic rings. The van der Waals surface area contributed by atoms with Crippen LogP contribution in [0.15, 0.2) is 35.2 Å². The first-order valence-corrected chi connectivity index (χ1v) is 9.12. The highest BCUT2D eigenvalue weighted by Gasteiger charge is 2.40. The number of hydrogen-bond donors (Lipinski definition) is 1. The maximum atomic E-state index is 12.9. The zero-order valence-electron chi connectivity index (χ0n) is 15.5. The minimum absolute atomic E-state index is 0.215. The predicted molar refractivity (Wildman–Crippen MR) is 97.6 cm³/mol. The molecule has 1 N–H and O–H groups in total. The van der Waals surface area contributed by atoms with E-state index < -0.39 is 11.9 Å². The molecule has 1 atom stereocenters. The van der Waals surface area contributed by atoms with Gasteiger partial charge in [-0.2, -0.15) is 0 Å². The van der Waals surface area contributed by atoms with Gasteiger partial charge in [-0.15, -0.1) is 5.10 Å². The Bertz CT molecular complexity index is 1160. The minimum atomic E-state index is -0.662. The Morgan fingerprint density at radius 3 is 2.86 bits per heavy atom. The van der Waals surface area contributed by atoms with Gasteiger partial charge in [-0.25, -0.2) is 9.67 Å². The molecule has 29 heavy (non-hydrogen) atoms. The highest BCUT2D eigenvalue weighted by Crippen LogP contribution is 2.31. The van der Waals surface area contributed by atoms with Gasteiger partial charge in [-0.05, 0) is 25.5 Å². The largest absolute Gasteiger partial charge is 0.448 e. The summed E-state index contributed by atoms with van der Waals surface area (Å²) in [4.78, 5) is 42.3. The Hall–Kier alpha value is -3.82. The van der Waals surface area contributed by atoms with Gasteiger partial charge in [0.25, 0.3) is 5.91 Å². The summed E-state index contributed by atoms with van der Waals surface area (Å²) in [5, 5.41) is 10.6. The third-order valence-corrected chi connectivity index (χ3v) is 5.28. The van der Waals surface area contributed by atoms with Crippen LogP contribution < -0.4 is 5.32 Å². The first-order chi connectivity index (χ1) is 14.0. The van der Waals surface area contributed by atoms with E-state index in [1.807, 2.05) is 6.07 Å². The number of fused-ring (bicyclic) bond motifs is 1. The smallest absolute Gasteiger partial charge is 0.255 e. The van der Waals surface area contributed by atoms with E-state index in [1.54, 1.807) is 29.9 Å². The van der Waals surface area contributed by atoms with Crippen LogP contribution in [0.25, 0.3) is 17.1 Å². The zero-order valence-corrected chi connectivity index (χ0v) is 15.5. The number of aryl methyl sites for hydroxylation is 1. The first-order valence-electron chi connectivity index (χ1n) is 9.12. The lowest BCUT2D eigenvalue weighted by Crippen LogP contribution is -2.52. The van der Waals surface area contributed by atoms with Gasteiger partial charge in [0.05, 0.1) is 11.9 Å². The molecule has 2 aliphatic rings. The number of rotatable bonds is 3. The van der Waals surface area contributed by atoms with Crippen LogP contribution >= 0.6 is 0 Å². The van der Waals surface area contributed by atoms with Crippen LogP contribution in [0.4, 0.5) is 0 Å². The summed E-state index contributed by atoms with van der Waals surface area (Å²) in [7, 11) is 0. The predicted octanol–water partition coefficient (Wildman–Crippen LogP) is 0.992. The number of oxazole rings is 1. The number of amides is 3. The third kappa shape index (κ3) is 2.72. The monoisotopic (exact) mass is 392 g/mol. The van der Waals surface area contributed by atoms with E-state index in [4.69, 9.17) is 4.42 Å². The van der Waals surface area contributed by atoms with Crippen LogP contribution in [0.2, 0.25) is 0 Å². The number of nitrogens with zero attached hydrogens (tertiary/aromatic N) is 5. The normalized spacial score (nSPS) is 18.9. The lowest BCUT2D eigenvalue weighted by molar-refractivity contribution is -0.136. The molecule has 10 nitrogen and oxygen atoms in total.